The Balaban J connectivity index is 0.00000312. The van der Waals surface area contributed by atoms with Crippen molar-refractivity contribution in [2.45, 2.75) is 64.7 Å². The maximum absolute atomic E-state index is 11.8. The van der Waals surface area contributed by atoms with Gasteiger partial charge >= 0.3 is 0 Å². The monoisotopic (exact) mass is 464 g/mol. The highest BCUT2D eigenvalue weighted by Gasteiger charge is 2.25. The number of piperidine rings is 1. The summed E-state index contributed by atoms with van der Waals surface area (Å²) in [4.78, 5) is 29.5. The van der Waals surface area contributed by atoms with Gasteiger partial charge in [0, 0.05) is 39.0 Å². The molecule has 0 atom stereocenters. The number of hydrogen-bond donors (Lipinski definition) is 2. The molecule has 1 aliphatic carbocycles. The molecule has 1 saturated heterocycles. The standard InChI is InChI=1S/C18H32N4O2.HI/c1-2-19-18(20-12-6-9-15-7-3-4-8-15)21-13-14-22-16(23)10-5-11-17(22)24;/h15H,2-14H2,1H3,(H2,19,20,21);1H. The summed E-state index contributed by atoms with van der Waals surface area (Å²) in [5.41, 5.74) is 0. The minimum atomic E-state index is -0.0495. The molecule has 0 aromatic rings. The quantitative estimate of drug-likeness (QED) is 0.191. The minimum absolute atomic E-state index is 0. The molecule has 2 aliphatic rings. The number of imide groups is 1. The molecule has 0 bridgehead atoms. The van der Waals surface area contributed by atoms with Gasteiger partial charge in [0.25, 0.3) is 0 Å². The van der Waals surface area contributed by atoms with Gasteiger partial charge in [-0.1, -0.05) is 25.7 Å². The van der Waals surface area contributed by atoms with Gasteiger partial charge in [0.05, 0.1) is 0 Å². The van der Waals surface area contributed by atoms with E-state index in [0.29, 0.717) is 32.4 Å². The molecule has 25 heavy (non-hydrogen) atoms. The van der Waals surface area contributed by atoms with Gasteiger partial charge in [-0.15, -0.1) is 24.0 Å². The van der Waals surface area contributed by atoms with Gasteiger partial charge in [-0.3, -0.25) is 19.5 Å². The van der Waals surface area contributed by atoms with E-state index >= 15 is 0 Å². The maximum atomic E-state index is 11.8. The minimum Gasteiger partial charge on any atom is -0.357 e. The molecule has 6 nitrogen and oxygen atoms in total. The van der Waals surface area contributed by atoms with E-state index in [1.54, 1.807) is 0 Å². The number of halogens is 1. The van der Waals surface area contributed by atoms with Gasteiger partial charge in [0.1, 0.15) is 0 Å². The third-order valence-corrected chi connectivity index (χ3v) is 4.87. The molecule has 144 valence electrons. The third-order valence-electron chi connectivity index (χ3n) is 4.87. The molecule has 2 rings (SSSR count). The Labute approximate surface area is 168 Å². The van der Waals surface area contributed by atoms with E-state index in [2.05, 4.69) is 15.6 Å². The van der Waals surface area contributed by atoms with Crippen LogP contribution in [0.25, 0.3) is 0 Å². The highest BCUT2D eigenvalue weighted by molar-refractivity contribution is 14.0. The number of carbonyl (C=O) groups is 2. The predicted molar refractivity (Wildman–Crippen MR) is 111 cm³/mol. The lowest BCUT2D eigenvalue weighted by molar-refractivity contribution is -0.147. The second kappa shape index (κ2) is 12.5. The van der Waals surface area contributed by atoms with Crippen molar-refractivity contribution < 1.29 is 9.59 Å². The van der Waals surface area contributed by atoms with Gasteiger partial charge < -0.3 is 10.6 Å². The molecule has 0 aromatic carbocycles. The number of likely N-dealkylation sites (tertiary alicyclic amines) is 1. The average Bonchev–Trinajstić information content (AvgIpc) is 3.07. The van der Waals surface area contributed by atoms with Crippen molar-refractivity contribution in [2.24, 2.45) is 10.9 Å². The van der Waals surface area contributed by atoms with Crippen LogP contribution in [0.4, 0.5) is 0 Å². The summed E-state index contributed by atoms with van der Waals surface area (Å²) >= 11 is 0. The van der Waals surface area contributed by atoms with Crippen LogP contribution in [0, 0.1) is 5.92 Å². The Morgan fingerprint density at radius 3 is 2.44 bits per heavy atom. The molecule has 1 heterocycles. The first-order chi connectivity index (χ1) is 11.7. The Bertz CT molecular complexity index is 434. The largest absolute Gasteiger partial charge is 0.357 e. The van der Waals surface area contributed by atoms with Crippen LogP contribution >= 0.6 is 24.0 Å². The van der Waals surface area contributed by atoms with Crippen molar-refractivity contribution in [2.75, 3.05) is 26.2 Å². The van der Waals surface area contributed by atoms with Gasteiger partial charge in [-0.05, 0) is 32.1 Å². The lowest BCUT2D eigenvalue weighted by Gasteiger charge is -2.25. The zero-order valence-electron chi connectivity index (χ0n) is 15.4. The second-order valence-electron chi connectivity index (χ2n) is 6.77. The topological polar surface area (TPSA) is 73.8 Å². The first-order valence-electron chi connectivity index (χ1n) is 9.56. The second-order valence-corrected chi connectivity index (χ2v) is 6.77. The summed E-state index contributed by atoms with van der Waals surface area (Å²) < 4.78 is 0. The summed E-state index contributed by atoms with van der Waals surface area (Å²) in [6, 6.07) is 0. The number of amides is 2. The molecule has 0 aromatic heterocycles. The average molecular weight is 464 g/mol. The normalized spacial score (nSPS) is 19.1. The molecular weight excluding hydrogens is 431 g/mol. The first-order valence-corrected chi connectivity index (χ1v) is 9.56. The van der Waals surface area contributed by atoms with Crippen molar-refractivity contribution in [3.05, 3.63) is 0 Å². The van der Waals surface area contributed by atoms with Crippen molar-refractivity contribution in [3.8, 4) is 0 Å². The number of guanidine groups is 1. The fourth-order valence-electron chi connectivity index (χ4n) is 3.55. The van der Waals surface area contributed by atoms with Crippen LogP contribution in [0.15, 0.2) is 4.99 Å². The van der Waals surface area contributed by atoms with Crippen LogP contribution in [-0.4, -0.2) is 48.9 Å². The summed E-state index contributed by atoms with van der Waals surface area (Å²) in [6.07, 6.45) is 9.64. The lowest BCUT2D eigenvalue weighted by atomic mass is 10.0. The third kappa shape index (κ3) is 7.92. The van der Waals surface area contributed by atoms with Crippen molar-refractivity contribution in [1.82, 2.24) is 15.5 Å². The smallest absolute Gasteiger partial charge is 0.229 e. The van der Waals surface area contributed by atoms with Gasteiger partial charge in [0.2, 0.25) is 11.8 Å². The van der Waals surface area contributed by atoms with Crippen LogP contribution in [0.5, 0.6) is 0 Å². The van der Waals surface area contributed by atoms with E-state index in [9.17, 15) is 9.59 Å². The summed E-state index contributed by atoms with van der Waals surface area (Å²) in [5.74, 6) is 1.59. The maximum Gasteiger partial charge on any atom is 0.229 e. The number of hydrogen-bond acceptors (Lipinski definition) is 3. The van der Waals surface area contributed by atoms with Crippen molar-refractivity contribution in [3.63, 3.8) is 0 Å². The molecule has 2 amide bonds. The summed E-state index contributed by atoms with van der Waals surface area (Å²) in [7, 11) is 0. The highest BCUT2D eigenvalue weighted by atomic mass is 127. The molecule has 2 N–H and O–H groups in total. The Morgan fingerprint density at radius 1 is 1.12 bits per heavy atom. The number of rotatable bonds is 8. The van der Waals surface area contributed by atoms with Crippen LogP contribution in [0.1, 0.15) is 64.7 Å². The van der Waals surface area contributed by atoms with E-state index in [1.165, 1.54) is 37.0 Å². The van der Waals surface area contributed by atoms with Crippen molar-refractivity contribution in [1.29, 1.82) is 0 Å². The summed E-state index contributed by atoms with van der Waals surface area (Å²) in [6.45, 7) is 4.63. The number of aliphatic imine (C=N–C) groups is 1. The number of carbonyl (C=O) groups excluding carboxylic acids is 2. The zero-order chi connectivity index (χ0) is 17.2. The molecule has 1 aliphatic heterocycles. The predicted octanol–water partition coefficient (Wildman–Crippen LogP) is 2.67. The van der Waals surface area contributed by atoms with Crippen molar-refractivity contribution >= 4 is 41.8 Å². The molecule has 0 radical (unpaired) electrons. The van der Waals surface area contributed by atoms with Gasteiger partial charge in [-0.25, -0.2) is 0 Å². The van der Waals surface area contributed by atoms with Crippen LogP contribution < -0.4 is 10.6 Å². The molecule has 1 saturated carbocycles. The molecule has 2 fully saturated rings. The highest BCUT2D eigenvalue weighted by Crippen LogP contribution is 2.28. The van der Waals surface area contributed by atoms with E-state index in [1.807, 2.05) is 6.92 Å². The first kappa shape index (κ1) is 22.2. The Kier molecular flexibility index (Phi) is 11.1. The van der Waals surface area contributed by atoms with Crippen LogP contribution in [-0.2, 0) is 9.59 Å². The fraction of sp³-hybridized carbons (Fsp3) is 0.833. The fourth-order valence-corrected chi connectivity index (χ4v) is 3.55. The Hall–Kier alpha value is -0.860. The van der Waals surface area contributed by atoms with E-state index < -0.39 is 0 Å². The lowest BCUT2D eigenvalue weighted by Crippen LogP contribution is -2.46. The number of nitrogens with one attached hydrogen (secondary N) is 2. The molecular formula is C18H33IN4O2. The SMILES string of the molecule is CCNC(=NCCCC1CCCC1)NCCN1C(=O)CCCC1=O.I. The van der Waals surface area contributed by atoms with Gasteiger partial charge in [0.15, 0.2) is 5.96 Å². The van der Waals surface area contributed by atoms with Crippen LogP contribution in [0.2, 0.25) is 0 Å². The summed E-state index contributed by atoms with van der Waals surface area (Å²) in [5, 5.41) is 6.45. The Morgan fingerprint density at radius 2 is 1.80 bits per heavy atom. The van der Waals surface area contributed by atoms with E-state index in [0.717, 1.165) is 31.4 Å². The van der Waals surface area contributed by atoms with Crippen LogP contribution in [0.3, 0.4) is 0 Å². The molecule has 0 unspecified atom stereocenters. The van der Waals surface area contributed by atoms with E-state index in [-0.39, 0.29) is 35.8 Å². The number of nitrogens with zero attached hydrogens (tertiary/aromatic N) is 2. The van der Waals surface area contributed by atoms with E-state index in [4.69, 9.17) is 0 Å². The zero-order valence-corrected chi connectivity index (χ0v) is 17.7. The molecule has 0 spiro atoms. The van der Waals surface area contributed by atoms with Gasteiger partial charge in [-0.2, -0.15) is 0 Å². The molecule has 7 heteroatoms.